The smallest absolute Gasteiger partial charge is 0.125 e. The van der Waals surface area contributed by atoms with Gasteiger partial charge in [-0.05, 0) is 79.2 Å². The highest BCUT2D eigenvalue weighted by atomic mass is 16.5. The third-order valence-corrected chi connectivity index (χ3v) is 14.1. The van der Waals surface area contributed by atoms with Gasteiger partial charge in [0.25, 0.3) is 0 Å². The summed E-state index contributed by atoms with van der Waals surface area (Å²) in [5.74, 6) is 1.67. The van der Waals surface area contributed by atoms with E-state index in [1.165, 1.54) is 34.4 Å². The van der Waals surface area contributed by atoms with E-state index in [9.17, 15) is 0 Å². The van der Waals surface area contributed by atoms with E-state index in [1.807, 2.05) is 0 Å². The number of hydrogen-bond acceptors (Lipinski definition) is 4. The second-order valence-electron chi connectivity index (χ2n) is 16.6. The van der Waals surface area contributed by atoms with Crippen molar-refractivity contribution in [1.29, 1.82) is 0 Å². The van der Waals surface area contributed by atoms with Crippen molar-refractivity contribution in [3.8, 4) is 5.75 Å². The number of hydrogen-bond donors (Lipinski definition) is 1. The van der Waals surface area contributed by atoms with Gasteiger partial charge in [-0.15, -0.1) is 0 Å². The maximum absolute atomic E-state index is 7.20. The largest absolute Gasteiger partial charge is 0.485 e. The molecule has 2 fully saturated rings. The third kappa shape index (κ3) is 4.64. The van der Waals surface area contributed by atoms with Crippen LogP contribution in [0.3, 0.4) is 0 Å². The molecule has 4 nitrogen and oxygen atoms in total. The van der Waals surface area contributed by atoms with E-state index < -0.39 is 0 Å². The van der Waals surface area contributed by atoms with Crippen LogP contribution < -0.4 is 10.1 Å². The van der Waals surface area contributed by atoms with Crippen molar-refractivity contribution >= 4 is 5.70 Å². The first-order valence-electron chi connectivity index (χ1n) is 20.0. The molecule has 10 aliphatic rings. The average molecular weight is 697 g/mol. The lowest BCUT2D eigenvalue weighted by atomic mass is 9.50. The highest BCUT2D eigenvalue weighted by Crippen LogP contribution is 2.62. The van der Waals surface area contributed by atoms with Gasteiger partial charge in [0.15, 0.2) is 0 Å². The fourth-order valence-electron chi connectivity index (χ4n) is 11.7. The summed E-state index contributed by atoms with van der Waals surface area (Å²) < 4.78 is 14.1. The topological polar surface area (TPSA) is 33.7 Å². The van der Waals surface area contributed by atoms with Crippen molar-refractivity contribution in [3.63, 3.8) is 0 Å². The molecule has 0 bridgehead atoms. The van der Waals surface area contributed by atoms with Gasteiger partial charge in [-0.25, -0.2) is 0 Å². The Balaban J connectivity index is 1.00. The van der Waals surface area contributed by atoms with Gasteiger partial charge in [-0.2, -0.15) is 0 Å². The summed E-state index contributed by atoms with van der Waals surface area (Å²) in [6.45, 7) is 3.36. The molecule has 1 spiro atoms. The van der Waals surface area contributed by atoms with Crippen LogP contribution in [0.15, 0.2) is 168 Å². The number of fused-ring (bicyclic) bond motifs is 11. The molecule has 53 heavy (non-hydrogen) atoms. The van der Waals surface area contributed by atoms with Gasteiger partial charge in [-0.3, -0.25) is 0 Å². The Bertz CT molecular complexity index is 2160. The van der Waals surface area contributed by atoms with E-state index in [-0.39, 0.29) is 41.0 Å². The highest BCUT2D eigenvalue weighted by molar-refractivity contribution is 5.70. The molecule has 4 heterocycles. The Morgan fingerprint density at radius 2 is 1.66 bits per heavy atom. The molecule has 4 aliphatic heterocycles. The predicted octanol–water partition coefficient (Wildman–Crippen LogP) is 9.45. The molecule has 4 heteroatoms. The average Bonchev–Trinajstić information content (AvgIpc) is 3.48. The van der Waals surface area contributed by atoms with Gasteiger partial charge in [0.05, 0.1) is 18.2 Å². The van der Waals surface area contributed by atoms with E-state index in [1.54, 1.807) is 0 Å². The third-order valence-electron chi connectivity index (χ3n) is 14.1. The molecule has 0 amide bonds. The Labute approximate surface area is 314 Å². The molecule has 0 aromatic heterocycles. The van der Waals surface area contributed by atoms with Crippen molar-refractivity contribution in [2.75, 3.05) is 6.54 Å². The first kappa shape index (κ1) is 31.7. The van der Waals surface area contributed by atoms with E-state index in [0.29, 0.717) is 18.0 Å². The molecule has 266 valence electrons. The van der Waals surface area contributed by atoms with Crippen molar-refractivity contribution < 1.29 is 9.47 Å². The number of dihydropyridines is 1. The molecule has 1 aromatic rings. The maximum Gasteiger partial charge on any atom is 0.125 e. The second kappa shape index (κ2) is 12.1. The number of nitrogens with zero attached hydrogens (tertiary/aromatic N) is 1. The number of likely N-dealkylation sites (tertiary alicyclic amines) is 1. The standard InChI is InChI=1S/C49H48N2O2/c1-48-27-11-9-20-47(48)51(35-13-3-2-4-14-35)42-26-23-32(29-40(42)48)33-21-24-38-45(30-33)52-43-18-7-5-15-36(43)49(38)37-16-6-8-19-44(37)53-46-31-34(22-25-39(46)49)41-17-10-12-28-50-41/h2-3,5-8,10-13,15-17,19,21-27,29-31,37-38,40,42-45,47,50H,4,9,14,18,20,28H2,1H3. The monoisotopic (exact) mass is 696 g/mol. The Hall–Kier alpha value is -4.80. The summed E-state index contributed by atoms with van der Waals surface area (Å²) >= 11 is 0. The van der Waals surface area contributed by atoms with E-state index in [4.69, 9.17) is 9.47 Å². The molecule has 10 atom stereocenters. The molecule has 10 unspecified atom stereocenters. The zero-order valence-corrected chi connectivity index (χ0v) is 30.5. The van der Waals surface area contributed by atoms with Crippen LogP contribution in [0.4, 0.5) is 0 Å². The summed E-state index contributed by atoms with van der Waals surface area (Å²) in [4.78, 5) is 2.80. The van der Waals surface area contributed by atoms with Gasteiger partial charge in [-0.1, -0.05) is 122 Å². The summed E-state index contributed by atoms with van der Waals surface area (Å²) in [7, 11) is 0. The lowest BCUT2D eigenvalue weighted by Gasteiger charge is -2.59. The Morgan fingerprint density at radius 1 is 0.792 bits per heavy atom. The molecular weight excluding hydrogens is 649 g/mol. The molecule has 0 radical (unpaired) electrons. The fourth-order valence-corrected chi connectivity index (χ4v) is 11.7. The zero-order valence-electron chi connectivity index (χ0n) is 30.5. The van der Waals surface area contributed by atoms with Gasteiger partial charge in [0.1, 0.15) is 11.9 Å². The van der Waals surface area contributed by atoms with Crippen LogP contribution in [0, 0.1) is 23.2 Å². The molecule has 11 rings (SSSR count). The minimum absolute atomic E-state index is 0.0113. The van der Waals surface area contributed by atoms with Crippen LogP contribution in [0.25, 0.3) is 5.70 Å². The zero-order chi connectivity index (χ0) is 35.1. The highest BCUT2D eigenvalue weighted by Gasteiger charge is 2.61. The van der Waals surface area contributed by atoms with Crippen LogP contribution in [0.1, 0.15) is 50.2 Å². The van der Waals surface area contributed by atoms with Crippen LogP contribution in [0.5, 0.6) is 5.75 Å². The first-order chi connectivity index (χ1) is 26.1. The summed E-state index contributed by atoms with van der Waals surface area (Å²) in [6.07, 6.45) is 54.8. The first-order valence-corrected chi connectivity index (χ1v) is 20.0. The van der Waals surface area contributed by atoms with E-state index in [2.05, 4.69) is 163 Å². The summed E-state index contributed by atoms with van der Waals surface area (Å²) in [5.41, 5.74) is 8.88. The van der Waals surface area contributed by atoms with Crippen LogP contribution in [0.2, 0.25) is 0 Å². The molecule has 6 aliphatic carbocycles. The summed E-state index contributed by atoms with van der Waals surface area (Å²) in [5, 5.41) is 3.56. The molecule has 1 N–H and O–H groups in total. The van der Waals surface area contributed by atoms with Crippen molar-refractivity contribution in [2.45, 2.75) is 74.8 Å². The van der Waals surface area contributed by atoms with Crippen molar-refractivity contribution in [3.05, 3.63) is 179 Å². The molecule has 2 saturated heterocycles. The quantitative estimate of drug-likeness (QED) is 0.320. The summed E-state index contributed by atoms with van der Waals surface area (Å²) in [6, 6.07) is 7.84. The number of nitrogens with one attached hydrogen (secondary N) is 1. The van der Waals surface area contributed by atoms with Gasteiger partial charge < -0.3 is 19.7 Å². The number of rotatable bonds is 3. The number of allylic oxidation sites excluding steroid dienone is 15. The predicted molar refractivity (Wildman–Crippen MR) is 214 cm³/mol. The Morgan fingerprint density at radius 3 is 2.57 bits per heavy atom. The minimum Gasteiger partial charge on any atom is -0.485 e. The van der Waals surface area contributed by atoms with E-state index >= 15 is 0 Å². The number of ether oxygens (including phenoxy) is 2. The lowest BCUT2D eigenvalue weighted by Crippen LogP contribution is -2.61. The van der Waals surface area contributed by atoms with Crippen LogP contribution in [-0.4, -0.2) is 41.8 Å². The molecular formula is C49H48N2O2. The van der Waals surface area contributed by atoms with Gasteiger partial charge >= 0.3 is 0 Å². The Kier molecular flexibility index (Phi) is 7.25. The lowest BCUT2D eigenvalue weighted by molar-refractivity contribution is -0.0682. The minimum atomic E-state index is -0.313. The van der Waals surface area contributed by atoms with Gasteiger partial charge in [0, 0.05) is 63.7 Å². The number of benzene rings is 1. The van der Waals surface area contributed by atoms with Crippen molar-refractivity contribution in [2.24, 2.45) is 23.2 Å². The van der Waals surface area contributed by atoms with E-state index in [0.717, 1.165) is 49.2 Å². The van der Waals surface area contributed by atoms with Crippen LogP contribution in [-0.2, 0) is 10.2 Å². The second-order valence-corrected chi connectivity index (χ2v) is 16.6. The maximum atomic E-state index is 7.20. The normalized spacial score (nSPS) is 39.3. The van der Waals surface area contributed by atoms with Gasteiger partial charge in [0.2, 0.25) is 0 Å². The fraction of sp³-hybridized carbons (Fsp3) is 0.347. The molecule has 1 aromatic carbocycles. The molecule has 0 saturated carbocycles. The van der Waals surface area contributed by atoms with Crippen molar-refractivity contribution in [1.82, 2.24) is 10.2 Å². The van der Waals surface area contributed by atoms with Crippen LogP contribution >= 0.6 is 0 Å². The SMILES string of the molecule is CC12C=CCCC1N(C1=CC=CCC1)C1C=CC(C3=CC4OC5CC=CC=C5C5(c6ccc(C7=CC=CCN7)cc6OC6C=CC=CC65)C4C=C3)=CC12.